The fourth-order valence-electron chi connectivity index (χ4n) is 1.63. The first kappa shape index (κ1) is 15.2. The highest BCUT2D eigenvalue weighted by atomic mass is 35.5. The molecule has 19 heavy (non-hydrogen) atoms. The fourth-order valence-corrected chi connectivity index (χ4v) is 1.81. The minimum atomic E-state index is -1.06. The van der Waals surface area contributed by atoms with E-state index in [0.717, 1.165) is 0 Å². The molecule has 0 spiro atoms. The van der Waals surface area contributed by atoms with E-state index in [-0.39, 0.29) is 0 Å². The molecule has 0 aliphatic heterocycles. The number of halogens is 1. The number of hydrogen-bond acceptors (Lipinski definition) is 2. The summed E-state index contributed by atoms with van der Waals surface area (Å²) in [6.07, 6.45) is 2.45. The van der Waals surface area contributed by atoms with Crippen LogP contribution in [0.5, 0.6) is 0 Å². The highest BCUT2D eigenvalue weighted by Crippen LogP contribution is 2.18. The Hall–Kier alpha value is -1.81. The van der Waals surface area contributed by atoms with Gasteiger partial charge in [0.05, 0.1) is 0 Å². The normalized spacial score (nSPS) is 11.7. The van der Waals surface area contributed by atoms with Crippen molar-refractivity contribution in [3.8, 4) is 0 Å². The molecular weight excluding hydrogens is 266 g/mol. The summed E-state index contributed by atoms with van der Waals surface area (Å²) in [5.41, 5.74) is 1.02. The van der Waals surface area contributed by atoms with Crippen LogP contribution in [0, 0.1) is 6.92 Å². The van der Waals surface area contributed by atoms with E-state index in [9.17, 15) is 9.59 Å². The molecule has 5 heteroatoms. The molecule has 1 amide bonds. The number of hydrogen-bond donors (Lipinski definition) is 2. The summed E-state index contributed by atoms with van der Waals surface area (Å²) >= 11 is 5.93. The molecule has 1 aromatic carbocycles. The van der Waals surface area contributed by atoms with Gasteiger partial charge in [-0.3, -0.25) is 4.79 Å². The molecule has 1 rings (SSSR count). The third kappa shape index (κ3) is 4.10. The van der Waals surface area contributed by atoms with E-state index in [1.54, 1.807) is 31.2 Å². The number of aliphatic carboxylic acids is 1. The Balaban J connectivity index is 2.84. The van der Waals surface area contributed by atoms with Crippen LogP contribution in [0.15, 0.2) is 30.9 Å². The monoisotopic (exact) mass is 281 g/mol. The van der Waals surface area contributed by atoms with Crippen LogP contribution < -0.4 is 5.32 Å². The third-order valence-corrected chi connectivity index (χ3v) is 3.18. The molecule has 2 N–H and O–H groups in total. The van der Waals surface area contributed by atoms with Gasteiger partial charge < -0.3 is 10.4 Å². The lowest BCUT2D eigenvalue weighted by molar-refractivity contribution is -0.139. The molecule has 0 radical (unpaired) electrons. The number of carboxylic acid groups (broad SMARTS) is 1. The second-order valence-electron chi connectivity index (χ2n) is 4.14. The van der Waals surface area contributed by atoms with Crippen molar-refractivity contribution in [1.29, 1.82) is 0 Å². The summed E-state index contributed by atoms with van der Waals surface area (Å²) in [6.45, 7) is 5.25. The van der Waals surface area contributed by atoms with Crippen LogP contribution >= 0.6 is 11.6 Å². The summed E-state index contributed by atoms with van der Waals surface area (Å²) in [5, 5.41) is 12.0. The van der Waals surface area contributed by atoms with E-state index in [2.05, 4.69) is 11.9 Å². The maximum absolute atomic E-state index is 12.0. The van der Waals surface area contributed by atoms with Gasteiger partial charge in [0.25, 0.3) is 5.91 Å². The van der Waals surface area contributed by atoms with E-state index >= 15 is 0 Å². The number of amides is 1. The second-order valence-corrected chi connectivity index (χ2v) is 4.55. The molecular formula is C14H16ClNO3. The maximum atomic E-state index is 12.0. The second kappa shape index (κ2) is 6.95. The van der Waals surface area contributed by atoms with Crippen molar-refractivity contribution in [3.63, 3.8) is 0 Å². The van der Waals surface area contributed by atoms with Gasteiger partial charge in [0.1, 0.15) is 6.04 Å². The minimum Gasteiger partial charge on any atom is -0.480 e. The number of carbonyl (C=O) groups excluding carboxylic acids is 1. The third-order valence-electron chi connectivity index (χ3n) is 2.78. The zero-order chi connectivity index (χ0) is 14.4. The minimum absolute atomic E-state index is 0.310. The van der Waals surface area contributed by atoms with Crippen LogP contribution in [0.3, 0.4) is 0 Å². The molecule has 1 aromatic rings. The molecule has 102 valence electrons. The first-order valence-electron chi connectivity index (χ1n) is 5.87. The van der Waals surface area contributed by atoms with Crippen LogP contribution in [-0.2, 0) is 4.79 Å². The average molecular weight is 282 g/mol. The van der Waals surface area contributed by atoms with Gasteiger partial charge in [-0.25, -0.2) is 4.79 Å². The Morgan fingerprint density at radius 3 is 2.79 bits per heavy atom. The van der Waals surface area contributed by atoms with Gasteiger partial charge in [0.2, 0.25) is 0 Å². The van der Waals surface area contributed by atoms with Crippen LogP contribution in [0.25, 0.3) is 0 Å². The van der Waals surface area contributed by atoms with Crippen LogP contribution in [0.4, 0.5) is 0 Å². The smallest absolute Gasteiger partial charge is 0.326 e. The summed E-state index contributed by atoms with van der Waals surface area (Å²) in [6, 6.07) is 4.02. The molecule has 0 bridgehead atoms. The SMILES string of the molecule is C=CCCC(NC(=O)c1cccc(Cl)c1C)C(=O)O. The Morgan fingerprint density at radius 1 is 1.53 bits per heavy atom. The summed E-state index contributed by atoms with van der Waals surface area (Å²) in [5.74, 6) is -1.49. The standard InChI is InChI=1S/C14H16ClNO3/c1-3-4-8-12(14(18)19)16-13(17)10-6-5-7-11(15)9(10)2/h3,5-7,12H,1,4,8H2,2H3,(H,16,17)(H,18,19). The lowest BCUT2D eigenvalue weighted by atomic mass is 10.1. The number of carboxylic acids is 1. The molecule has 0 aliphatic carbocycles. The van der Waals surface area contributed by atoms with Crippen molar-refractivity contribution >= 4 is 23.5 Å². The van der Waals surface area contributed by atoms with Crippen LogP contribution in [0.1, 0.15) is 28.8 Å². The lowest BCUT2D eigenvalue weighted by Crippen LogP contribution is -2.40. The first-order chi connectivity index (χ1) is 8.97. The van der Waals surface area contributed by atoms with Crippen molar-refractivity contribution in [2.75, 3.05) is 0 Å². The van der Waals surface area contributed by atoms with Crippen molar-refractivity contribution in [2.45, 2.75) is 25.8 Å². The highest BCUT2D eigenvalue weighted by Gasteiger charge is 2.21. The van der Waals surface area contributed by atoms with Gasteiger partial charge in [0, 0.05) is 10.6 Å². The van der Waals surface area contributed by atoms with Gasteiger partial charge in [0.15, 0.2) is 0 Å². The predicted octanol–water partition coefficient (Wildman–Crippen LogP) is 2.80. The largest absolute Gasteiger partial charge is 0.480 e. The Labute approximate surface area is 117 Å². The van der Waals surface area contributed by atoms with Crippen molar-refractivity contribution in [1.82, 2.24) is 5.32 Å². The molecule has 4 nitrogen and oxygen atoms in total. The van der Waals surface area contributed by atoms with Gasteiger partial charge in [-0.05, 0) is 37.5 Å². The number of allylic oxidation sites excluding steroid dienone is 1. The van der Waals surface area contributed by atoms with Gasteiger partial charge in [-0.2, -0.15) is 0 Å². The number of carbonyl (C=O) groups is 2. The van der Waals surface area contributed by atoms with Crippen molar-refractivity contribution in [2.24, 2.45) is 0 Å². The van der Waals surface area contributed by atoms with Crippen molar-refractivity contribution < 1.29 is 14.7 Å². The molecule has 1 atom stereocenters. The van der Waals surface area contributed by atoms with E-state index in [4.69, 9.17) is 16.7 Å². The quantitative estimate of drug-likeness (QED) is 0.788. The van der Waals surface area contributed by atoms with Crippen LogP contribution in [0.2, 0.25) is 5.02 Å². The molecule has 0 saturated heterocycles. The predicted molar refractivity (Wildman–Crippen MR) is 74.5 cm³/mol. The molecule has 0 aromatic heterocycles. The summed E-state index contributed by atoms with van der Waals surface area (Å²) in [4.78, 5) is 23.1. The molecule has 0 heterocycles. The van der Waals surface area contributed by atoms with Gasteiger partial charge in [-0.15, -0.1) is 6.58 Å². The van der Waals surface area contributed by atoms with Crippen molar-refractivity contribution in [3.05, 3.63) is 47.0 Å². The number of benzene rings is 1. The Bertz CT molecular complexity index is 499. The van der Waals surface area contributed by atoms with E-state index in [1.807, 2.05) is 0 Å². The van der Waals surface area contributed by atoms with Crippen LogP contribution in [-0.4, -0.2) is 23.0 Å². The molecule has 1 unspecified atom stereocenters. The average Bonchev–Trinajstić information content (AvgIpc) is 2.37. The molecule has 0 aliphatic rings. The van der Waals surface area contributed by atoms with Gasteiger partial charge in [-0.1, -0.05) is 23.7 Å². The fraction of sp³-hybridized carbons (Fsp3) is 0.286. The lowest BCUT2D eigenvalue weighted by Gasteiger charge is -2.15. The summed E-state index contributed by atoms with van der Waals surface area (Å²) in [7, 11) is 0. The first-order valence-corrected chi connectivity index (χ1v) is 6.24. The Morgan fingerprint density at radius 2 is 2.21 bits per heavy atom. The highest BCUT2D eigenvalue weighted by molar-refractivity contribution is 6.31. The molecule has 0 saturated carbocycles. The Kier molecular flexibility index (Phi) is 5.57. The van der Waals surface area contributed by atoms with E-state index in [0.29, 0.717) is 29.0 Å². The topological polar surface area (TPSA) is 66.4 Å². The zero-order valence-corrected chi connectivity index (χ0v) is 11.4. The summed E-state index contributed by atoms with van der Waals surface area (Å²) < 4.78 is 0. The molecule has 0 fully saturated rings. The maximum Gasteiger partial charge on any atom is 0.326 e. The number of nitrogens with one attached hydrogen (secondary N) is 1. The van der Waals surface area contributed by atoms with E-state index < -0.39 is 17.9 Å². The zero-order valence-electron chi connectivity index (χ0n) is 10.6. The number of rotatable bonds is 6. The van der Waals surface area contributed by atoms with E-state index in [1.165, 1.54) is 0 Å². The van der Waals surface area contributed by atoms with Gasteiger partial charge >= 0.3 is 5.97 Å².